The lowest BCUT2D eigenvalue weighted by atomic mass is 10.1. The van der Waals surface area contributed by atoms with Gasteiger partial charge in [-0.1, -0.05) is 0 Å². The maximum atomic E-state index is 11.0. The molecular formula is C13H18N4O. The monoisotopic (exact) mass is 246 g/mol. The Kier molecular flexibility index (Phi) is 2.84. The van der Waals surface area contributed by atoms with Crippen LogP contribution in [0.1, 0.15) is 36.8 Å². The number of carbonyl (C=O) groups is 1. The fraction of sp³-hybridized carbons (Fsp3) is 0.462. The van der Waals surface area contributed by atoms with Gasteiger partial charge in [0.25, 0.3) is 0 Å². The number of hydrogen-bond donors (Lipinski definition) is 0. The van der Waals surface area contributed by atoms with Gasteiger partial charge in [0.1, 0.15) is 5.69 Å². The molecule has 0 aliphatic heterocycles. The van der Waals surface area contributed by atoms with Crippen LogP contribution in [0.25, 0.3) is 11.3 Å². The first-order valence-electron chi connectivity index (χ1n) is 5.89. The molecule has 0 saturated heterocycles. The lowest BCUT2D eigenvalue weighted by molar-refractivity contribution is 0.112. The molecule has 0 spiro atoms. The number of rotatable bonds is 2. The van der Waals surface area contributed by atoms with Gasteiger partial charge in [-0.2, -0.15) is 10.2 Å². The fourth-order valence-electron chi connectivity index (χ4n) is 1.84. The SMILES string of the molecule is Cc1nn(C(C)(C)C)cc1-c1nn(C)cc1C=O. The molecule has 0 atom stereocenters. The summed E-state index contributed by atoms with van der Waals surface area (Å²) >= 11 is 0. The van der Waals surface area contributed by atoms with Crippen molar-refractivity contribution in [3.05, 3.63) is 23.7 Å². The number of aryl methyl sites for hydroxylation is 2. The molecule has 96 valence electrons. The molecule has 0 fully saturated rings. The van der Waals surface area contributed by atoms with Gasteiger partial charge in [-0.05, 0) is 27.7 Å². The number of carbonyl (C=O) groups excluding carboxylic acids is 1. The Morgan fingerprint density at radius 2 is 1.89 bits per heavy atom. The summed E-state index contributed by atoms with van der Waals surface area (Å²) in [5, 5.41) is 8.83. The van der Waals surface area contributed by atoms with Gasteiger partial charge in [-0.25, -0.2) is 0 Å². The van der Waals surface area contributed by atoms with Gasteiger partial charge in [-0.15, -0.1) is 0 Å². The van der Waals surface area contributed by atoms with Crippen molar-refractivity contribution in [2.75, 3.05) is 0 Å². The molecule has 0 N–H and O–H groups in total. The molecule has 0 amide bonds. The molecule has 0 aliphatic rings. The van der Waals surface area contributed by atoms with Crippen LogP contribution in [0.5, 0.6) is 0 Å². The largest absolute Gasteiger partial charge is 0.298 e. The third-order valence-corrected chi connectivity index (χ3v) is 2.83. The Balaban J connectivity index is 2.57. The van der Waals surface area contributed by atoms with Crippen LogP contribution in [-0.4, -0.2) is 25.8 Å². The Morgan fingerprint density at radius 3 is 2.39 bits per heavy atom. The molecule has 0 aliphatic carbocycles. The van der Waals surface area contributed by atoms with Gasteiger partial charge in [-0.3, -0.25) is 14.2 Å². The van der Waals surface area contributed by atoms with Crippen LogP contribution in [0.2, 0.25) is 0 Å². The summed E-state index contributed by atoms with van der Waals surface area (Å²) in [6.07, 6.45) is 4.50. The molecule has 0 radical (unpaired) electrons. The molecule has 2 aromatic heterocycles. The zero-order valence-electron chi connectivity index (χ0n) is 11.4. The van der Waals surface area contributed by atoms with Crippen LogP contribution in [0.4, 0.5) is 0 Å². The van der Waals surface area contributed by atoms with E-state index in [4.69, 9.17) is 0 Å². The minimum Gasteiger partial charge on any atom is -0.298 e. The Bertz CT molecular complexity index is 587. The number of aromatic nitrogens is 4. The summed E-state index contributed by atoms with van der Waals surface area (Å²) < 4.78 is 3.55. The summed E-state index contributed by atoms with van der Waals surface area (Å²) in [6, 6.07) is 0. The summed E-state index contributed by atoms with van der Waals surface area (Å²) in [7, 11) is 1.81. The van der Waals surface area contributed by atoms with Crippen molar-refractivity contribution in [1.29, 1.82) is 0 Å². The van der Waals surface area contributed by atoms with Crippen LogP contribution in [0, 0.1) is 6.92 Å². The van der Waals surface area contributed by atoms with Crippen LogP contribution in [0.3, 0.4) is 0 Å². The topological polar surface area (TPSA) is 52.7 Å². The van der Waals surface area contributed by atoms with Crippen LogP contribution >= 0.6 is 0 Å². The zero-order valence-corrected chi connectivity index (χ0v) is 11.4. The molecule has 0 unspecified atom stereocenters. The number of nitrogens with zero attached hydrogens (tertiary/aromatic N) is 4. The quantitative estimate of drug-likeness (QED) is 0.763. The summed E-state index contributed by atoms with van der Waals surface area (Å²) in [5.41, 5.74) is 2.99. The van der Waals surface area contributed by atoms with Gasteiger partial charge in [0.2, 0.25) is 0 Å². The third-order valence-electron chi connectivity index (χ3n) is 2.83. The normalized spacial score (nSPS) is 11.8. The highest BCUT2D eigenvalue weighted by molar-refractivity contribution is 5.85. The number of hydrogen-bond acceptors (Lipinski definition) is 3. The zero-order chi connectivity index (χ0) is 13.5. The minimum atomic E-state index is -0.0842. The smallest absolute Gasteiger partial charge is 0.153 e. The first kappa shape index (κ1) is 12.5. The van der Waals surface area contributed by atoms with E-state index < -0.39 is 0 Å². The standard InChI is InChI=1S/C13H18N4O/c1-9-11(7-17(14-9)13(2,3)4)12-10(8-18)6-16(5)15-12/h6-8H,1-5H3. The van der Waals surface area contributed by atoms with E-state index in [-0.39, 0.29) is 5.54 Å². The first-order chi connectivity index (χ1) is 8.32. The highest BCUT2D eigenvalue weighted by Crippen LogP contribution is 2.26. The van der Waals surface area contributed by atoms with E-state index >= 15 is 0 Å². The van der Waals surface area contributed by atoms with Crippen molar-refractivity contribution in [1.82, 2.24) is 19.6 Å². The molecule has 18 heavy (non-hydrogen) atoms. The third kappa shape index (κ3) is 2.08. The van der Waals surface area contributed by atoms with Gasteiger partial charge < -0.3 is 0 Å². The van der Waals surface area contributed by atoms with Gasteiger partial charge in [0.15, 0.2) is 6.29 Å². The molecule has 5 nitrogen and oxygen atoms in total. The van der Waals surface area contributed by atoms with Crippen LogP contribution < -0.4 is 0 Å². The molecule has 0 aromatic carbocycles. The summed E-state index contributed by atoms with van der Waals surface area (Å²) in [6.45, 7) is 8.19. The molecule has 0 saturated carbocycles. The minimum absolute atomic E-state index is 0.0842. The second-order valence-electron chi connectivity index (χ2n) is 5.47. The van der Waals surface area contributed by atoms with Crippen molar-refractivity contribution in [3.8, 4) is 11.3 Å². The Morgan fingerprint density at radius 1 is 1.22 bits per heavy atom. The van der Waals surface area contributed by atoms with Gasteiger partial charge in [0.05, 0.1) is 16.8 Å². The van der Waals surface area contributed by atoms with Gasteiger partial charge >= 0.3 is 0 Å². The van der Waals surface area contributed by atoms with E-state index in [0.717, 1.165) is 17.5 Å². The second-order valence-corrected chi connectivity index (χ2v) is 5.47. The second kappa shape index (κ2) is 4.08. The van der Waals surface area contributed by atoms with Crippen molar-refractivity contribution in [2.24, 2.45) is 7.05 Å². The van der Waals surface area contributed by atoms with Crippen LogP contribution in [-0.2, 0) is 12.6 Å². The average Bonchev–Trinajstić information content (AvgIpc) is 2.80. The van der Waals surface area contributed by atoms with Gasteiger partial charge in [0, 0.05) is 25.0 Å². The fourth-order valence-corrected chi connectivity index (χ4v) is 1.84. The first-order valence-corrected chi connectivity index (χ1v) is 5.89. The van der Waals surface area contributed by atoms with Crippen molar-refractivity contribution >= 4 is 6.29 Å². The Hall–Kier alpha value is -1.91. The predicted octanol–water partition coefficient (Wildman–Crippen LogP) is 2.16. The lowest BCUT2D eigenvalue weighted by Crippen LogP contribution is -2.22. The van der Waals surface area contributed by atoms with E-state index in [1.807, 2.05) is 17.8 Å². The van der Waals surface area contributed by atoms with E-state index in [9.17, 15) is 4.79 Å². The Labute approximate surface area is 106 Å². The maximum Gasteiger partial charge on any atom is 0.153 e. The van der Waals surface area contributed by atoms with E-state index in [1.165, 1.54) is 0 Å². The molecule has 5 heteroatoms. The molecule has 2 aromatic rings. The average molecular weight is 246 g/mol. The maximum absolute atomic E-state index is 11.0. The van der Waals surface area contributed by atoms with Crippen LogP contribution in [0.15, 0.2) is 12.4 Å². The molecular weight excluding hydrogens is 228 g/mol. The molecule has 2 rings (SSSR count). The summed E-state index contributed by atoms with van der Waals surface area (Å²) in [4.78, 5) is 11.0. The molecule has 2 heterocycles. The number of aldehydes is 1. The predicted molar refractivity (Wildman–Crippen MR) is 69.5 cm³/mol. The van der Waals surface area contributed by atoms with Crippen molar-refractivity contribution in [2.45, 2.75) is 33.2 Å². The lowest BCUT2D eigenvalue weighted by Gasteiger charge is -2.18. The van der Waals surface area contributed by atoms with Crippen molar-refractivity contribution < 1.29 is 4.79 Å². The van der Waals surface area contributed by atoms with Crippen molar-refractivity contribution in [3.63, 3.8) is 0 Å². The van der Waals surface area contributed by atoms with E-state index in [1.54, 1.807) is 17.9 Å². The molecule has 0 bridgehead atoms. The highest BCUT2D eigenvalue weighted by Gasteiger charge is 2.20. The van der Waals surface area contributed by atoms with E-state index in [2.05, 4.69) is 31.0 Å². The van der Waals surface area contributed by atoms with E-state index in [0.29, 0.717) is 11.3 Å². The highest BCUT2D eigenvalue weighted by atomic mass is 16.1. The summed E-state index contributed by atoms with van der Waals surface area (Å²) in [5.74, 6) is 0.